The van der Waals surface area contributed by atoms with E-state index in [4.69, 9.17) is 20.9 Å². The number of fused-ring (bicyclic) bond motifs is 3. The Kier molecular flexibility index (Phi) is 8.49. The Morgan fingerprint density at radius 3 is 2.53 bits per heavy atom. The first-order valence-electron chi connectivity index (χ1n) is 19.2. The third-order valence-corrected chi connectivity index (χ3v) is 15.1. The molecule has 0 bridgehead atoms. The predicted octanol–water partition coefficient (Wildman–Crippen LogP) is 5.76. The molecule has 2 aromatic carbocycles. The maximum Gasteiger partial charge on any atom is 0.319 e. The van der Waals surface area contributed by atoms with Crippen molar-refractivity contribution in [3.05, 3.63) is 41.5 Å². The van der Waals surface area contributed by atoms with Crippen LogP contribution in [0.25, 0.3) is 32.9 Å². The number of halogens is 2. The second-order valence-electron chi connectivity index (χ2n) is 17.0. The standard InChI is InChI=1S/C41H45F2N5O6S/c1-4-27-29(42)10-9-24-16-26(49)17-28(31(24)27)34-33(43)35-32(37(44-34)53-3)36(47-14-6-11-39(2,50)20-47)46-38(45-35)54-21-41-12-5-8-30(41)48(15-7-13-41)25-18-40(19-25)22-55(51,52)23-40/h1,9-10,16-17,25,30,49-50H,5-8,11-15,18-23H2,2-3H3/t30-,39-,41-/m1/s1. The van der Waals surface area contributed by atoms with Gasteiger partial charge in [0.1, 0.15) is 34.0 Å². The lowest BCUT2D eigenvalue weighted by Gasteiger charge is -2.60. The number of hydrogen-bond donors (Lipinski definition) is 2. The molecule has 0 amide bonds. The van der Waals surface area contributed by atoms with Crippen molar-refractivity contribution in [3.63, 3.8) is 0 Å². The van der Waals surface area contributed by atoms with Crippen LogP contribution < -0.4 is 14.4 Å². The molecular formula is C41H45F2N5O6S. The van der Waals surface area contributed by atoms with Crippen LogP contribution >= 0.6 is 0 Å². The molecule has 3 saturated heterocycles. The first-order valence-corrected chi connectivity index (χ1v) is 21.0. The molecular weight excluding hydrogens is 729 g/mol. The number of hydrogen-bond acceptors (Lipinski definition) is 11. The van der Waals surface area contributed by atoms with Crippen LogP contribution in [0.2, 0.25) is 0 Å². The zero-order valence-electron chi connectivity index (χ0n) is 31.1. The van der Waals surface area contributed by atoms with E-state index in [0.29, 0.717) is 54.7 Å². The molecule has 290 valence electrons. The van der Waals surface area contributed by atoms with Crippen molar-refractivity contribution in [1.82, 2.24) is 19.9 Å². The lowest BCUT2D eigenvalue weighted by molar-refractivity contribution is -0.0726. The first kappa shape index (κ1) is 36.3. The number of terminal acetylenes is 1. The molecule has 5 heterocycles. The predicted molar refractivity (Wildman–Crippen MR) is 204 cm³/mol. The number of aromatic nitrogens is 3. The molecule has 5 fully saturated rings. The quantitative estimate of drug-likeness (QED) is 0.222. The number of rotatable bonds is 7. The van der Waals surface area contributed by atoms with Crippen LogP contribution in [0.15, 0.2) is 24.3 Å². The van der Waals surface area contributed by atoms with Gasteiger partial charge in [0.15, 0.2) is 15.7 Å². The minimum absolute atomic E-state index is 0.00299. The Morgan fingerprint density at radius 2 is 1.80 bits per heavy atom. The third kappa shape index (κ3) is 6.05. The molecule has 2 N–H and O–H groups in total. The molecule has 1 spiro atoms. The van der Waals surface area contributed by atoms with Crippen molar-refractivity contribution in [2.45, 2.75) is 82.4 Å². The number of methoxy groups -OCH3 is 1. The maximum atomic E-state index is 17.3. The van der Waals surface area contributed by atoms with Crippen LogP contribution in [0.3, 0.4) is 0 Å². The molecule has 5 aliphatic rings. The molecule has 2 saturated carbocycles. The van der Waals surface area contributed by atoms with Gasteiger partial charge in [0.05, 0.1) is 36.4 Å². The monoisotopic (exact) mass is 773 g/mol. The smallest absolute Gasteiger partial charge is 0.319 e. The highest BCUT2D eigenvalue weighted by atomic mass is 32.2. The van der Waals surface area contributed by atoms with Gasteiger partial charge in [0.2, 0.25) is 5.88 Å². The first-order chi connectivity index (χ1) is 26.2. The number of benzene rings is 2. The number of anilines is 1. The van der Waals surface area contributed by atoms with Crippen LogP contribution in [-0.2, 0) is 9.84 Å². The number of piperidine rings is 2. The molecule has 2 aromatic heterocycles. The minimum atomic E-state index is -2.89. The topological polar surface area (TPSA) is 138 Å². The zero-order chi connectivity index (χ0) is 38.5. The average Bonchev–Trinajstić information content (AvgIpc) is 3.56. The number of phenolic OH excluding ortho intramolecular Hbond substituents is 1. The van der Waals surface area contributed by atoms with Gasteiger partial charge in [-0.1, -0.05) is 18.4 Å². The van der Waals surface area contributed by atoms with Crippen LogP contribution in [-0.4, -0.2) is 101 Å². The Morgan fingerprint density at radius 1 is 1.04 bits per heavy atom. The van der Waals surface area contributed by atoms with Gasteiger partial charge in [-0.2, -0.15) is 9.97 Å². The highest BCUT2D eigenvalue weighted by molar-refractivity contribution is 7.92. The van der Waals surface area contributed by atoms with Gasteiger partial charge >= 0.3 is 6.01 Å². The number of likely N-dealkylation sites (tertiary alicyclic amines) is 1. The fourth-order valence-electron chi connectivity index (χ4n) is 10.8. The Balaban J connectivity index is 1.12. The van der Waals surface area contributed by atoms with Gasteiger partial charge in [0, 0.05) is 47.0 Å². The third-order valence-electron chi connectivity index (χ3n) is 13.0. The van der Waals surface area contributed by atoms with E-state index >= 15 is 8.78 Å². The SMILES string of the molecule is C#Cc1c(F)ccc2cc(O)cc(-c3nc(OC)c4c(N5CCC[C@@](C)(O)C5)nc(OC[C@]56CCC[C@H]5N(C5CC7(C5)CS(=O)(=O)C7)CCC6)nc4c3F)c12. The molecule has 14 heteroatoms. The van der Waals surface area contributed by atoms with Crippen molar-refractivity contribution < 1.29 is 36.9 Å². The summed E-state index contributed by atoms with van der Waals surface area (Å²) in [5, 5.41) is 22.6. The number of ether oxygens (including phenoxy) is 2. The Hall–Kier alpha value is -4.32. The molecule has 3 atom stereocenters. The summed E-state index contributed by atoms with van der Waals surface area (Å²) in [5.74, 6) is 1.58. The van der Waals surface area contributed by atoms with Gasteiger partial charge in [-0.25, -0.2) is 22.2 Å². The van der Waals surface area contributed by atoms with Crippen molar-refractivity contribution in [2.24, 2.45) is 10.8 Å². The summed E-state index contributed by atoms with van der Waals surface area (Å²) < 4.78 is 68.7. The van der Waals surface area contributed by atoms with Gasteiger partial charge in [0.25, 0.3) is 0 Å². The van der Waals surface area contributed by atoms with Gasteiger partial charge in [-0.3, -0.25) is 4.90 Å². The summed E-state index contributed by atoms with van der Waals surface area (Å²) in [4.78, 5) is 18.6. The van der Waals surface area contributed by atoms with E-state index < -0.39 is 27.1 Å². The normalized spacial score (nSPS) is 27.4. The van der Waals surface area contributed by atoms with Crippen molar-refractivity contribution >= 4 is 37.3 Å². The number of aliphatic hydroxyl groups is 1. The molecule has 55 heavy (non-hydrogen) atoms. The lowest BCUT2D eigenvalue weighted by Crippen LogP contribution is -2.66. The van der Waals surface area contributed by atoms with E-state index in [9.17, 15) is 18.6 Å². The summed E-state index contributed by atoms with van der Waals surface area (Å²) in [6, 6.07) is 5.98. The van der Waals surface area contributed by atoms with Gasteiger partial charge in [-0.05, 0) is 88.4 Å². The van der Waals surface area contributed by atoms with Crippen LogP contribution in [0, 0.1) is 34.8 Å². The number of nitrogens with zero attached hydrogens (tertiary/aromatic N) is 5. The van der Waals surface area contributed by atoms with E-state index in [1.165, 1.54) is 31.4 Å². The summed E-state index contributed by atoms with van der Waals surface area (Å²) in [7, 11) is -1.49. The zero-order valence-corrected chi connectivity index (χ0v) is 31.9. The van der Waals surface area contributed by atoms with Crippen LogP contribution in [0.4, 0.5) is 14.6 Å². The number of aromatic hydroxyl groups is 1. The summed E-state index contributed by atoms with van der Waals surface area (Å²) >= 11 is 0. The van der Waals surface area contributed by atoms with E-state index in [-0.39, 0.29) is 74.2 Å². The van der Waals surface area contributed by atoms with Crippen LogP contribution in [0.1, 0.15) is 70.3 Å². The largest absolute Gasteiger partial charge is 0.508 e. The summed E-state index contributed by atoms with van der Waals surface area (Å²) in [6.45, 7) is 3.80. The van der Waals surface area contributed by atoms with Gasteiger partial charge < -0.3 is 24.6 Å². The number of pyridine rings is 1. The molecule has 0 radical (unpaired) electrons. The number of sulfone groups is 1. The van der Waals surface area contributed by atoms with Crippen molar-refractivity contribution in [2.75, 3.05) is 49.8 Å². The lowest BCUT2D eigenvalue weighted by atomic mass is 9.64. The number of phenols is 1. The average molecular weight is 774 g/mol. The second kappa shape index (κ2) is 12.9. The second-order valence-corrected chi connectivity index (χ2v) is 19.1. The Bertz CT molecular complexity index is 2380. The van der Waals surface area contributed by atoms with Crippen molar-refractivity contribution in [3.8, 4) is 41.2 Å². The van der Waals surface area contributed by atoms with E-state index in [2.05, 4.69) is 20.8 Å². The fourth-order valence-corrected chi connectivity index (χ4v) is 13.0. The van der Waals surface area contributed by atoms with E-state index in [1.54, 1.807) is 6.92 Å². The van der Waals surface area contributed by atoms with Crippen LogP contribution in [0.5, 0.6) is 17.6 Å². The maximum absolute atomic E-state index is 17.3. The number of β-amino-alcohol motifs (C(OH)–C–C–N with tert-alkyl or cyclic N) is 1. The van der Waals surface area contributed by atoms with E-state index in [1.807, 2.05) is 4.90 Å². The van der Waals surface area contributed by atoms with Gasteiger partial charge in [-0.15, -0.1) is 6.42 Å². The molecule has 9 rings (SSSR count). The molecule has 4 aromatic rings. The highest BCUT2D eigenvalue weighted by Crippen LogP contribution is 2.56. The molecule has 11 nitrogen and oxygen atoms in total. The highest BCUT2D eigenvalue weighted by Gasteiger charge is 2.60. The minimum Gasteiger partial charge on any atom is -0.508 e. The fraction of sp³-hybridized carbons (Fsp3) is 0.537. The summed E-state index contributed by atoms with van der Waals surface area (Å²) in [5.41, 5.74) is -1.67. The van der Waals surface area contributed by atoms with Crippen molar-refractivity contribution in [1.29, 1.82) is 0 Å². The molecule has 0 unspecified atom stereocenters. The van der Waals surface area contributed by atoms with E-state index in [0.717, 1.165) is 51.5 Å². The molecule has 3 aliphatic heterocycles. The summed E-state index contributed by atoms with van der Waals surface area (Å²) in [6.07, 6.45) is 13.8. The molecule has 2 aliphatic carbocycles. The Labute approximate surface area is 319 Å².